The first-order valence-electron chi connectivity index (χ1n) is 5.81. The molecule has 0 spiro atoms. The molecule has 0 aliphatic heterocycles. The van der Waals surface area contributed by atoms with Crippen LogP contribution in [0.15, 0.2) is 6.07 Å². The zero-order valence-electron chi connectivity index (χ0n) is 11.5. The van der Waals surface area contributed by atoms with Crippen LogP contribution in [0.4, 0.5) is 18.9 Å². The molecule has 0 aromatic carbocycles. The van der Waals surface area contributed by atoms with E-state index in [1.807, 2.05) is 0 Å². The number of nitrogens with zero attached hydrogens (tertiary/aromatic N) is 2. The summed E-state index contributed by atoms with van der Waals surface area (Å²) < 4.78 is 49.8. The van der Waals surface area contributed by atoms with Gasteiger partial charge in [-0.05, 0) is 6.92 Å². The molecule has 8 nitrogen and oxygen atoms in total. The second-order valence-electron chi connectivity index (χ2n) is 3.76. The highest BCUT2D eigenvalue weighted by Gasteiger charge is 2.37. The maximum atomic E-state index is 12.3. The second kappa shape index (κ2) is 6.91. The lowest BCUT2D eigenvalue weighted by Crippen LogP contribution is -2.20. The Bertz CT molecular complexity index is 576. The molecule has 1 heterocycles. The maximum absolute atomic E-state index is 12.3. The third-order valence-electron chi connectivity index (χ3n) is 2.26. The smallest absolute Gasteiger partial charge is 0.481 e. The Kier molecular flexibility index (Phi) is 5.49. The van der Waals surface area contributed by atoms with Gasteiger partial charge in [0.15, 0.2) is 0 Å². The highest BCUT2D eigenvalue weighted by atomic mass is 19.4. The monoisotopic (exact) mass is 324 g/mol. The number of esters is 1. The largest absolute Gasteiger partial charge is 0.574 e. The molecule has 0 aliphatic rings. The van der Waals surface area contributed by atoms with Gasteiger partial charge in [0.05, 0.1) is 30.6 Å². The third-order valence-corrected chi connectivity index (χ3v) is 2.26. The molecule has 0 unspecified atom stereocenters. The van der Waals surface area contributed by atoms with E-state index in [0.29, 0.717) is 0 Å². The summed E-state index contributed by atoms with van der Waals surface area (Å²) in [5.41, 5.74) is -1.44. The summed E-state index contributed by atoms with van der Waals surface area (Å²) in [5.74, 6) is -2.53. The summed E-state index contributed by atoms with van der Waals surface area (Å²) in [6, 6.07) is 0.971. The quantitative estimate of drug-likeness (QED) is 0.448. The Hall–Kier alpha value is -2.59. The molecule has 122 valence electrons. The van der Waals surface area contributed by atoms with E-state index in [1.54, 1.807) is 0 Å². The molecule has 0 fully saturated rings. The Morgan fingerprint density at radius 3 is 2.55 bits per heavy atom. The number of pyridine rings is 1. The van der Waals surface area contributed by atoms with Gasteiger partial charge >= 0.3 is 23.9 Å². The summed E-state index contributed by atoms with van der Waals surface area (Å²) in [4.78, 5) is 24.5. The van der Waals surface area contributed by atoms with Crippen LogP contribution >= 0.6 is 0 Å². The predicted octanol–water partition coefficient (Wildman–Crippen LogP) is 2.00. The second-order valence-corrected chi connectivity index (χ2v) is 3.76. The molecule has 1 aromatic rings. The van der Waals surface area contributed by atoms with Crippen LogP contribution in [-0.2, 0) is 16.0 Å². The number of ether oxygens (including phenoxy) is 3. The molecular formula is C11H11F3N2O6. The number of aromatic nitrogens is 1. The minimum atomic E-state index is -5.19. The standard InChI is InChI=1S/C11H11F3N2O6/c1-3-21-8(17)5-6-4-7(20-2)15-10(9(6)16(18)19)22-11(12,13)14/h4H,3,5H2,1-2H3. The number of rotatable bonds is 6. The van der Waals surface area contributed by atoms with E-state index in [0.717, 1.165) is 13.2 Å². The number of carbonyl (C=O) groups excluding carboxylic acids is 1. The zero-order chi connectivity index (χ0) is 16.9. The van der Waals surface area contributed by atoms with Gasteiger partial charge in [-0.1, -0.05) is 0 Å². The summed E-state index contributed by atoms with van der Waals surface area (Å²) in [6.07, 6.45) is -5.82. The van der Waals surface area contributed by atoms with Gasteiger partial charge in [-0.25, -0.2) is 0 Å². The molecule has 0 bridgehead atoms. The number of halogens is 3. The fraction of sp³-hybridized carbons (Fsp3) is 0.455. The van der Waals surface area contributed by atoms with Gasteiger partial charge in [-0.2, -0.15) is 4.98 Å². The number of hydrogen-bond donors (Lipinski definition) is 0. The fourth-order valence-corrected chi connectivity index (χ4v) is 1.52. The lowest BCUT2D eigenvalue weighted by molar-refractivity contribution is -0.389. The minimum absolute atomic E-state index is 0.0146. The molecule has 0 atom stereocenters. The number of carbonyl (C=O) groups is 1. The van der Waals surface area contributed by atoms with Crippen molar-refractivity contribution in [3.05, 3.63) is 21.7 Å². The molecule has 0 saturated heterocycles. The van der Waals surface area contributed by atoms with Crippen molar-refractivity contribution in [1.29, 1.82) is 0 Å². The van der Waals surface area contributed by atoms with E-state index < -0.39 is 35.2 Å². The van der Waals surface area contributed by atoms with E-state index in [9.17, 15) is 28.1 Å². The van der Waals surface area contributed by atoms with E-state index in [2.05, 4.69) is 19.2 Å². The number of alkyl halides is 3. The predicted molar refractivity (Wildman–Crippen MR) is 64.5 cm³/mol. The Balaban J connectivity index is 3.36. The van der Waals surface area contributed by atoms with Crippen LogP contribution < -0.4 is 9.47 Å². The summed E-state index contributed by atoms with van der Waals surface area (Å²) in [5, 5.41) is 11.0. The van der Waals surface area contributed by atoms with Crippen LogP contribution in [0.3, 0.4) is 0 Å². The molecule has 1 rings (SSSR count). The molecule has 22 heavy (non-hydrogen) atoms. The van der Waals surface area contributed by atoms with Crippen LogP contribution in [0.2, 0.25) is 0 Å². The number of methoxy groups -OCH3 is 1. The zero-order valence-corrected chi connectivity index (χ0v) is 11.5. The Morgan fingerprint density at radius 1 is 1.45 bits per heavy atom. The molecule has 0 aliphatic carbocycles. The number of nitro groups is 1. The van der Waals surface area contributed by atoms with Crippen molar-refractivity contribution >= 4 is 11.7 Å². The van der Waals surface area contributed by atoms with Crippen molar-refractivity contribution in [2.45, 2.75) is 19.7 Å². The van der Waals surface area contributed by atoms with Crippen molar-refractivity contribution < 1.29 is 37.1 Å². The van der Waals surface area contributed by atoms with Crippen LogP contribution in [0, 0.1) is 10.1 Å². The first-order chi connectivity index (χ1) is 10.2. The van der Waals surface area contributed by atoms with Crippen LogP contribution in [-0.4, -0.2) is 36.0 Å². The van der Waals surface area contributed by atoms with Gasteiger partial charge in [0.2, 0.25) is 5.88 Å². The van der Waals surface area contributed by atoms with Gasteiger partial charge in [0, 0.05) is 6.07 Å². The van der Waals surface area contributed by atoms with Crippen molar-refractivity contribution in [2.75, 3.05) is 13.7 Å². The van der Waals surface area contributed by atoms with Crippen LogP contribution in [0.1, 0.15) is 12.5 Å². The highest BCUT2D eigenvalue weighted by Crippen LogP contribution is 2.35. The molecule has 0 N–H and O–H groups in total. The van der Waals surface area contributed by atoms with E-state index in [1.165, 1.54) is 6.92 Å². The first kappa shape index (κ1) is 17.5. The molecule has 0 amide bonds. The van der Waals surface area contributed by atoms with Gasteiger partial charge in [0.25, 0.3) is 0 Å². The van der Waals surface area contributed by atoms with Gasteiger partial charge in [-0.3, -0.25) is 14.9 Å². The van der Waals surface area contributed by atoms with Crippen LogP contribution in [0.5, 0.6) is 11.8 Å². The van der Waals surface area contributed by atoms with Gasteiger partial charge in [0.1, 0.15) is 0 Å². The average Bonchev–Trinajstić information content (AvgIpc) is 2.35. The van der Waals surface area contributed by atoms with E-state index in [-0.39, 0.29) is 18.1 Å². The van der Waals surface area contributed by atoms with Gasteiger partial charge in [-0.15, -0.1) is 13.2 Å². The summed E-state index contributed by atoms with van der Waals surface area (Å²) in [7, 11) is 1.10. The average molecular weight is 324 g/mol. The van der Waals surface area contributed by atoms with Crippen molar-refractivity contribution in [1.82, 2.24) is 4.98 Å². The maximum Gasteiger partial charge on any atom is 0.574 e. The fourth-order valence-electron chi connectivity index (χ4n) is 1.52. The molecule has 1 aromatic heterocycles. The SMILES string of the molecule is CCOC(=O)Cc1cc(OC)nc(OC(F)(F)F)c1[N+](=O)[O-]. The molecular weight excluding hydrogens is 313 g/mol. The van der Waals surface area contributed by atoms with E-state index in [4.69, 9.17) is 0 Å². The normalized spacial score (nSPS) is 11.0. The molecule has 0 radical (unpaired) electrons. The number of hydrogen-bond acceptors (Lipinski definition) is 7. The van der Waals surface area contributed by atoms with Gasteiger partial charge < -0.3 is 14.2 Å². The first-order valence-corrected chi connectivity index (χ1v) is 5.81. The molecule has 11 heteroatoms. The Labute approximate surface area is 121 Å². The topological polar surface area (TPSA) is 101 Å². The van der Waals surface area contributed by atoms with E-state index >= 15 is 0 Å². The Morgan fingerprint density at radius 2 is 2.09 bits per heavy atom. The van der Waals surface area contributed by atoms with Crippen molar-refractivity contribution in [2.24, 2.45) is 0 Å². The minimum Gasteiger partial charge on any atom is -0.481 e. The lowest BCUT2D eigenvalue weighted by Gasteiger charge is -2.11. The lowest BCUT2D eigenvalue weighted by atomic mass is 10.1. The summed E-state index contributed by atoms with van der Waals surface area (Å²) >= 11 is 0. The van der Waals surface area contributed by atoms with Crippen molar-refractivity contribution in [3.8, 4) is 11.8 Å². The third kappa shape index (κ3) is 4.75. The van der Waals surface area contributed by atoms with Crippen LogP contribution in [0.25, 0.3) is 0 Å². The van der Waals surface area contributed by atoms with Crippen molar-refractivity contribution in [3.63, 3.8) is 0 Å². The highest BCUT2D eigenvalue weighted by molar-refractivity contribution is 5.75. The molecule has 0 saturated carbocycles. The summed E-state index contributed by atoms with van der Waals surface area (Å²) in [6.45, 7) is 1.53.